The maximum absolute atomic E-state index is 12.7. The van der Waals surface area contributed by atoms with E-state index in [0.29, 0.717) is 0 Å². The Morgan fingerprint density at radius 3 is 1.75 bits per heavy atom. The molecule has 0 atom stereocenters. The number of rotatable bonds is 4. The Labute approximate surface area is 145 Å². The van der Waals surface area contributed by atoms with Crippen molar-refractivity contribution in [2.45, 2.75) is 38.0 Å². The summed E-state index contributed by atoms with van der Waals surface area (Å²) in [6.45, 7) is 8.59. The predicted molar refractivity (Wildman–Crippen MR) is 94.9 cm³/mol. The van der Waals surface area contributed by atoms with Crippen molar-refractivity contribution in [1.82, 2.24) is 8.61 Å². The van der Waals surface area contributed by atoms with Gasteiger partial charge in [0.05, 0.1) is 10.6 Å². The highest BCUT2D eigenvalue weighted by Gasteiger charge is 2.32. The normalized spacial score (nSPS) is 18.7. The number of benzene rings is 1. The van der Waals surface area contributed by atoms with Gasteiger partial charge in [-0.1, -0.05) is 32.9 Å². The van der Waals surface area contributed by atoms with E-state index in [-0.39, 0.29) is 42.2 Å². The second-order valence-electron chi connectivity index (χ2n) is 6.98. The monoisotopic (exact) mass is 374 g/mol. The molecular formula is C16H26N2O4S2. The molecule has 24 heavy (non-hydrogen) atoms. The smallest absolute Gasteiger partial charge is 0.212 e. The maximum Gasteiger partial charge on any atom is 0.243 e. The van der Waals surface area contributed by atoms with E-state index in [0.717, 1.165) is 5.56 Å². The molecule has 6 nitrogen and oxygen atoms in total. The Hall–Kier alpha value is -0.960. The molecule has 0 saturated carbocycles. The quantitative estimate of drug-likeness (QED) is 0.803. The molecule has 1 aliphatic rings. The predicted octanol–water partition coefficient (Wildman–Crippen LogP) is 1.64. The van der Waals surface area contributed by atoms with Crippen LogP contribution in [0.4, 0.5) is 0 Å². The molecule has 0 aromatic heterocycles. The van der Waals surface area contributed by atoms with E-state index in [1.807, 2.05) is 12.1 Å². The lowest BCUT2D eigenvalue weighted by Gasteiger charge is -2.33. The number of hydrogen-bond donors (Lipinski definition) is 0. The molecule has 1 aromatic carbocycles. The molecule has 2 rings (SSSR count). The highest BCUT2D eigenvalue weighted by atomic mass is 32.2. The number of sulfonamides is 2. The first-order valence-electron chi connectivity index (χ1n) is 8.07. The van der Waals surface area contributed by atoms with Crippen molar-refractivity contribution in [2.75, 3.05) is 31.9 Å². The van der Waals surface area contributed by atoms with E-state index in [2.05, 4.69) is 20.8 Å². The molecule has 0 amide bonds. The summed E-state index contributed by atoms with van der Waals surface area (Å²) in [7, 11) is -6.85. The van der Waals surface area contributed by atoms with Gasteiger partial charge >= 0.3 is 0 Å². The Morgan fingerprint density at radius 1 is 0.875 bits per heavy atom. The fourth-order valence-corrected chi connectivity index (χ4v) is 5.15. The first kappa shape index (κ1) is 19.4. The van der Waals surface area contributed by atoms with Crippen LogP contribution >= 0.6 is 0 Å². The van der Waals surface area contributed by atoms with Crippen molar-refractivity contribution in [3.63, 3.8) is 0 Å². The van der Waals surface area contributed by atoms with Crippen LogP contribution in [0.25, 0.3) is 0 Å². The molecule has 0 aliphatic carbocycles. The summed E-state index contributed by atoms with van der Waals surface area (Å²) in [6, 6.07) is 6.94. The molecule has 8 heteroatoms. The molecule has 0 unspecified atom stereocenters. The van der Waals surface area contributed by atoms with E-state index in [9.17, 15) is 16.8 Å². The third-order valence-corrected chi connectivity index (χ3v) is 8.11. The van der Waals surface area contributed by atoms with E-state index >= 15 is 0 Å². The summed E-state index contributed by atoms with van der Waals surface area (Å²) in [5.74, 6) is 0.0357. The third kappa shape index (κ3) is 3.99. The van der Waals surface area contributed by atoms with Crippen molar-refractivity contribution < 1.29 is 16.8 Å². The Kier molecular flexibility index (Phi) is 5.44. The van der Waals surface area contributed by atoms with Crippen molar-refractivity contribution in [3.8, 4) is 0 Å². The van der Waals surface area contributed by atoms with Crippen LogP contribution in [0.15, 0.2) is 29.2 Å². The number of hydrogen-bond acceptors (Lipinski definition) is 4. The summed E-state index contributed by atoms with van der Waals surface area (Å²) < 4.78 is 51.9. The van der Waals surface area contributed by atoms with Gasteiger partial charge in [-0.05, 0) is 30.0 Å². The molecule has 0 spiro atoms. The minimum atomic E-state index is -3.59. The third-order valence-electron chi connectivity index (χ3n) is 4.31. The fraction of sp³-hybridized carbons (Fsp3) is 0.625. The van der Waals surface area contributed by atoms with Crippen LogP contribution in [-0.4, -0.2) is 57.4 Å². The largest absolute Gasteiger partial charge is 0.243 e. The Balaban J connectivity index is 2.15. The van der Waals surface area contributed by atoms with Crippen LogP contribution < -0.4 is 0 Å². The molecule has 1 fully saturated rings. The van der Waals surface area contributed by atoms with Crippen molar-refractivity contribution in [3.05, 3.63) is 29.8 Å². The van der Waals surface area contributed by atoms with Gasteiger partial charge in [0.15, 0.2) is 0 Å². The molecule has 1 saturated heterocycles. The highest BCUT2D eigenvalue weighted by molar-refractivity contribution is 7.89. The lowest BCUT2D eigenvalue weighted by Crippen LogP contribution is -2.50. The molecule has 0 radical (unpaired) electrons. The lowest BCUT2D eigenvalue weighted by molar-refractivity contribution is 0.273. The van der Waals surface area contributed by atoms with E-state index in [1.54, 1.807) is 19.1 Å². The molecule has 1 heterocycles. The van der Waals surface area contributed by atoms with Crippen LogP contribution in [0.5, 0.6) is 0 Å². The summed E-state index contributed by atoms with van der Waals surface area (Å²) in [6.07, 6.45) is 0. The van der Waals surface area contributed by atoms with Gasteiger partial charge in [-0.25, -0.2) is 16.8 Å². The van der Waals surface area contributed by atoms with Crippen molar-refractivity contribution in [1.29, 1.82) is 0 Å². The van der Waals surface area contributed by atoms with E-state index in [1.165, 1.54) is 8.61 Å². The van der Waals surface area contributed by atoms with Gasteiger partial charge in [0, 0.05) is 26.2 Å². The molecule has 1 aromatic rings. The van der Waals surface area contributed by atoms with E-state index in [4.69, 9.17) is 0 Å². The van der Waals surface area contributed by atoms with Gasteiger partial charge < -0.3 is 0 Å². The molecule has 0 N–H and O–H groups in total. The zero-order chi connectivity index (χ0) is 18.2. The topological polar surface area (TPSA) is 74.8 Å². The lowest BCUT2D eigenvalue weighted by atomic mass is 9.87. The summed E-state index contributed by atoms with van der Waals surface area (Å²) in [4.78, 5) is 0.252. The van der Waals surface area contributed by atoms with Gasteiger partial charge in [-0.2, -0.15) is 8.61 Å². The zero-order valence-electron chi connectivity index (χ0n) is 14.7. The maximum atomic E-state index is 12.7. The van der Waals surface area contributed by atoms with Gasteiger partial charge in [0.25, 0.3) is 0 Å². The standard InChI is InChI=1S/C16H26N2O4S2/c1-5-23(19,20)17-10-12-18(13-11-17)24(21,22)15-8-6-14(7-9-15)16(2,3)4/h6-9H,5,10-13H2,1-4H3. The van der Waals surface area contributed by atoms with Gasteiger partial charge in [-0.3, -0.25) is 0 Å². The summed E-state index contributed by atoms with van der Waals surface area (Å²) in [5.41, 5.74) is 1.03. The summed E-state index contributed by atoms with van der Waals surface area (Å²) in [5, 5.41) is 0. The van der Waals surface area contributed by atoms with Crippen LogP contribution in [-0.2, 0) is 25.5 Å². The molecular weight excluding hydrogens is 348 g/mol. The molecule has 136 valence electrons. The SMILES string of the molecule is CCS(=O)(=O)N1CCN(S(=O)(=O)c2ccc(C(C)(C)C)cc2)CC1. The van der Waals surface area contributed by atoms with Gasteiger partial charge in [0.1, 0.15) is 0 Å². The first-order chi connectivity index (χ1) is 11.0. The number of piperazine rings is 1. The minimum Gasteiger partial charge on any atom is -0.212 e. The van der Waals surface area contributed by atoms with Gasteiger partial charge in [-0.15, -0.1) is 0 Å². The fourth-order valence-electron chi connectivity index (χ4n) is 2.65. The zero-order valence-corrected chi connectivity index (χ0v) is 16.3. The second-order valence-corrected chi connectivity index (χ2v) is 11.2. The van der Waals surface area contributed by atoms with Crippen LogP contribution in [0.2, 0.25) is 0 Å². The molecule has 1 aliphatic heterocycles. The average Bonchev–Trinajstić information content (AvgIpc) is 2.54. The summed E-state index contributed by atoms with van der Waals surface area (Å²) >= 11 is 0. The van der Waals surface area contributed by atoms with Crippen LogP contribution in [0.3, 0.4) is 0 Å². The van der Waals surface area contributed by atoms with Gasteiger partial charge in [0.2, 0.25) is 20.0 Å². The number of nitrogens with zero attached hydrogens (tertiary/aromatic N) is 2. The minimum absolute atomic E-state index is 0.0357. The van der Waals surface area contributed by atoms with Crippen molar-refractivity contribution in [2.24, 2.45) is 0 Å². The first-order valence-corrected chi connectivity index (χ1v) is 11.1. The van der Waals surface area contributed by atoms with Crippen molar-refractivity contribution >= 4 is 20.0 Å². The van der Waals surface area contributed by atoms with Crippen LogP contribution in [0.1, 0.15) is 33.3 Å². The second kappa shape index (κ2) is 6.74. The molecule has 0 bridgehead atoms. The Bertz CT molecular complexity index is 770. The van der Waals surface area contributed by atoms with E-state index < -0.39 is 20.0 Å². The average molecular weight is 375 g/mol. The highest BCUT2D eigenvalue weighted by Crippen LogP contribution is 2.25. The van der Waals surface area contributed by atoms with Crippen LogP contribution in [0, 0.1) is 0 Å². The Morgan fingerprint density at radius 2 is 1.33 bits per heavy atom.